The molecule has 0 aromatic heterocycles. The van der Waals surface area contributed by atoms with E-state index in [4.69, 9.17) is 9.47 Å². The van der Waals surface area contributed by atoms with Crippen molar-refractivity contribution >= 4 is 29.2 Å². The van der Waals surface area contributed by atoms with Crippen molar-refractivity contribution in [1.29, 1.82) is 0 Å². The van der Waals surface area contributed by atoms with Crippen molar-refractivity contribution in [3.63, 3.8) is 0 Å². The molecule has 0 unspecified atom stereocenters. The molecule has 29 heavy (non-hydrogen) atoms. The van der Waals surface area contributed by atoms with Crippen molar-refractivity contribution in [2.24, 2.45) is 0 Å². The molecule has 162 valence electrons. The zero-order valence-corrected chi connectivity index (χ0v) is 18.1. The molecule has 0 heterocycles. The number of nitrogens with zero attached hydrogens (tertiary/aromatic N) is 1. The molecular weight excluding hydrogens is 372 g/mol. The van der Waals surface area contributed by atoms with Gasteiger partial charge in [0.05, 0.1) is 17.9 Å². The molecule has 7 nitrogen and oxygen atoms in total. The van der Waals surface area contributed by atoms with Crippen LogP contribution in [0, 0.1) is 0 Å². The summed E-state index contributed by atoms with van der Waals surface area (Å²) in [7, 11) is 1.58. The van der Waals surface area contributed by atoms with Gasteiger partial charge in [-0.3, -0.25) is 9.59 Å². The van der Waals surface area contributed by atoms with Gasteiger partial charge in [-0.15, -0.1) is 0 Å². The number of carbonyl (C=O) groups is 3. The molecule has 1 aromatic rings. The van der Waals surface area contributed by atoms with Gasteiger partial charge >= 0.3 is 5.97 Å². The van der Waals surface area contributed by atoms with Crippen molar-refractivity contribution in [1.82, 2.24) is 0 Å². The van der Waals surface area contributed by atoms with E-state index in [9.17, 15) is 14.4 Å². The smallest absolute Gasteiger partial charge is 0.340 e. The highest BCUT2D eigenvalue weighted by Crippen LogP contribution is 2.25. The Balaban J connectivity index is 2.70. The van der Waals surface area contributed by atoms with E-state index in [0.717, 1.165) is 12.8 Å². The molecule has 0 saturated carbocycles. The number of nitrogens with one attached hydrogen (secondary N) is 1. The maximum Gasteiger partial charge on any atom is 0.340 e. The second-order valence-electron chi connectivity index (χ2n) is 6.91. The van der Waals surface area contributed by atoms with Gasteiger partial charge in [-0.1, -0.05) is 39.0 Å². The molecule has 0 aliphatic heterocycles. The summed E-state index contributed by atoms with van der Waals surface area (Å²) in [4.78, 5) is 37.5. The number of hydrogen-bond acceptors (Lipinski definition) is 5. The van der Waals surface area contributed by atoms with Gasteiger partial charge in [-0.2, -0.15) is 0 Å². The predicted molar refractivity (Wildman–Crippen MR) is 114 cm³/mol. The van der Waals surface area contributed by atoms with Crippen LogP contribution in [-0.4, -0.2) is 44.7 Å². The Bertz CT molecular complexity index is 675. The van der Waals surface area contributed by atoms with Crippen molar-refractivity contribution in [2.75, 3.05) is 37.1 Å². The first-order valence-electron chi connectivity index (χ1n) is 10.3. The average molecular weight is 407 g/mol. The Hall–Kier alpha value is -2.41. The highest BCUT2D eigenvalue weighted by atomic mass is 16.5. The van der Waals surface area contributed by atoms with E-state index in [0.29, 0.717) is 18.0 Å². The van der Waals surface area contributed by atoms with E-state index in [2.05, 4.69) is 12.2 Å². The number of benzene rings is 1. The van der Waals surface area contributed by atoms with E-state index in [1.54, 1.807) is 32.2 Å². The highest BCUT2D eigenvalue weighted by molar-refractivity contribution is 6.04. The van der Waals surface area contributed by atoms with Gasteiger partial charge in [-0.25, -0.2) is 4.79 Å². The van der Waals surface area contributed by atoms with Crippen LogP contribution in [0.5, 0.6) is 0 Å². The van der Waals surface area contributed by atoms with Gasteiger partial charge in [0.2, 0.25) is 5.91 Å². The fraction of sp³-hybridized carbons (Fsp3) is 0.591. The minimum absolute atomic E-state index is 0.0713. The molecule has 7 heteroatoms. The summed E-state index contributed by atoms with van der Waals surface area (Å²) in [5.74, 6) is -1.04. The summed E-state index contributed by atoms with van der Waals surface area (Å²) < 4.78 is 10.6. The van der Waals surface area contributed by atoms with Gasteiger partial charge in [-0.05, 0) is 31.5 Å². The van der Waals surface area contributed by atoms with Crippen LogP contribution in [0.2, 0.25) is 0 Å². The standard InChI is InChI=1S/C22H34N2O5/c1-5-7-8-9-10-11-14-28-16-21(26)24(4)20-15-18(23-17(3)25)12-13-19(20)22(27)29-6-2/h12-13,15H,5-11,14,16H2,1-4H3,(H,23,25). The highest BCUT2D eigenvalue weighted by Gasteiger charge is 2.20. The maximum atomic E-state index is 12.5. The topological polar surface area (TPSA) is 84.9 Å². The van der Waals surface area contributed by atoms with Crippen molar-refractivity contribution in [2.45, 2.75) is 59.3 Å². The van der Waals surface area contributed by atoms with Gasteiger partial charge in [0, 0.05) is 26.3 Å². The third-order valence-electron chi connectivity index (χ3n) is 4.42. The van der Waals surface area contributed by atoms with Gasteiger partial charge in [0.15, 0.2) is 0 Å². The number of hydrogen-bond donors (Lipinski definition) is 1. The number of likely N-dealkylation sites (N-methyl/N-ethyl adjacent to an activating group) is 1. The molecule has 0 aliphatic rings. The van der Waals surface area contributed by atoms with Crippen molar-refractivity contribution in [3.8, 4) is 0 Å². The number of esters is 1. The number of unbranched alkanes of at least 4 members (excludes halogenated alkanes) is 5. The van der Waals surface area contributed by atoms with Crippen LogP contribution in [0.4, 0.5) is 11.4 Å². The number of amides is 2. The number of anilines is 2. The lowest BCUT2D eigenvalue weighted by Gasteiger charge is -2.21. The lowest BCUT2D eigenvalue weighted by Crippen LogP contribution is -2.32. The molecule has 0 saturated heterocycles. The van der Waals surface area contributed by atoms with Crippen molar-refractivity contribution in [3.05, 3.63) is 23.8 Å². The third-order valence-corrected chi connectivity index (χ3v) is 4.42. The van der Waals surface area contributed by atoms with Gasteiger partial charge < -0.3 is 19.7 Å². The normalized spacial score (nSPS) is 10.5. The van der Waals surface area contributed by atoms with Crippen LogP contribution in [0.15, 0.2) is 18.2 Å². The first-order valence-corrected chi connectivity index (χ1v) is 10.3. The van der Waals surface area contributed by atoms with E-state index in [1.165, 1.54) is 37.5 Å². The monoisotopic (exact) mass is 406 g/mol. The van der Waals surface area contributed by atoms with Crippen LogP contribution < -0.4 is 10.2 Å². The van der Waals surface area contributed by atoms with Gasteiger partial charge in [0.25, 0.3) is 5.91 Å². The summed E-state index contributed by atoms with van der Waals surface area (Å²) >= 11 is 0. The molecular formula is C22H34N2O5. The molecule has 0 atom stereocenters. The Kier molecular flexibility index (Phi) is 11.6. The summed E-state index contributed by atoms with van der Waals surface area (Å²) in [5.41, 5.74) is 1.11. The van der Waals surface area contributed by atoms with E-state index >= 15 is 0 Å². The van der Waals surface area contributed by atoms with Crippen LogP contribution in [0.25, 0.3) is 0 Å². The molecule has 1 aromatic carbocycles. The van der Waals surface area contributed by atoms with E-state index in [-0.39, 0.29) is 30.6 Å². The summed E-state index contributed by atoms with van der Waals surface area (Å²) in [5, 5.41) is 2.66. The van der Waals surface area contributed by atoms with Gasteiger partial charge in [0.1, 0.15) is 6.61 Å². The minimum Gasteiger partial charge on any atom is -0.462 e. The minimum atomic E-state index is -0.524. The fourth-order valence-corrected chi connectivity index (χ4v) is 2.85. The molecule has 1 rings (SSSR count). The second-order valence-corrected chi connectivity index (χ2v) is 6.91. The third kappa shape index (κ3) is 9.09. The zero-order chi connectivity index (χ0) is 21.6. The molecule has 0 radical (unpaired) electrons. The Morgan fingerprint density at radius 1 is 1.03 bits per heavy atom. The van der Waals surface area contributed by atoms with E-state index < -0.39 is 5.97 Å². The SMILES string of the molecule is CCCCCCCCOCC(=O)N(C)c1cc(NC(C)=O)ccc1C(=O)OCC. The van der Waals surface area contributed by atoms with Crippen molar-refractivity contribution < 1.29 is 23.9 Å². The average Bonchev–Trinajstić information content (AvgIpc) is 2.68. The van der Waals surface area contributed by atoms with Crippen LogP contribution in [0.1, 0.15) is 69.7 Å². The first kappa shape index (κ1) is 24.6. The molecule has 0 spiro atoms. The molecule has 1 N–H and O–H groups in total. The number of rotatable bonds is 13. The number of ether oxygens (including phenoxy) is 2. The maximum absolute atomic E-state index is 12.5. The summed E-state index contributed by atoms with van der Waals surface area (Å²) in [6.45, 7) is 5.98. The van der Waals surface area contributed by atoms with E-state index in [1.807, 2.05) is 0 Å². The Morgan fingerprint density at radius 2 is 1.72 bits per heavy atom. The van der Waals surface area contributed by atoms with Crippen LogP contribution in [-0.2, 0) is 19.1 Å². The Labute approximate surface area is 173 Å². The summed E-state index contributed by atoms with van der Waals surface area (Å²) in [6, 6.07) is 4.73. The summed E-state index contributed by atoms with van der Waals surface area (Å²) in [6.07, 6.45) is 6.91. The lowest BCUT2D eigenvalue weighted by atomic mass is 10.1. The van der Waals surface area contributed by atoms with Crippen LogP contribution >= 0.6 is 0 Å². The zero-order valence-electron chi connectivity index (χ0n) is 18.1. The molecule has 0 aliphatic carbocycles. The molecule has 2 amide bonds. The second kappa shape index (κ2) is 13.7. The molecule has 0 bridgehead atoms. The first-order chi connectivity index (χ1) is 13.9. The number of carbonyl (C=O) groups excluding carboxylic acids is 3. The Morgan fingerprint density at radius 3 is 2.38 bits per heavy atom. The quantitative estimate of drug-likeness (QED) is 0.393. The predicted octanol–water partition coefficient (Wildman–Crippen LogP) is 4.16. The van der Waals surface area contributed by atoms with Crippen LogP contribution in [0.3, 0.4) is 0 Å². The largest absolute Gasteiger partial charge is 0.462 e. The lowest BCUT2D eigenvalue weighted by molar-refractivity contribution is -0.122. The fourth-order valence-electron chi connectivity index (χ4n) is 2.85. The molecule has 0 fully saturated rings.